The van der Waals surface area contributed by atoms with Gasteiger partial charge < -0.3 is 49.3 Å². The first-order valence-corrected chi connectivity index (χ1v) is 22.2. The number of rotatable bonds is 11. The summed E-state index contributed by atoms with van der Waals surface area (Å²) < 4.78 is 21.7. The van der Waals surface area contributed by atoms with Crippen LogP contribution in [0.25, 0.3) is 44.2 Å². The highest BCUT2D eigenvalue weighted by atomic mass is 16.5. The van der Waals surface area contributed by atoms with Gasteiger partial charge in [-0.25, -0.2) is 19.6 Å². The highest BCUT2D eigenvalue weighted by molar-refractivity contribution is 6.07. The van der Waals surface area contributed by atoms with Crippen LogP contribution < -0.4 is 15.4 Å². The molecule has 2 aromatic heterocycles. The van der Waals surface area contributed by atoms with Gasteiger partial charge >= 0.3 is 12.2 Å². The molecule has 16 nitrogen and oxygen atoms in total. The molecule has 10 rings (SSSR count). The number of nitrogens with zero attached hydrogens (tertiary/aromatic N) is 4. The van der Waals surface area contributed by atoms with Gasteiger partial charge in [0.15, 0.2) is 0 Å². The lowest BCUT2D eigenvalue weighted by molar-refractivity contribution is -0.136. The van der Waals surface area contributed by atoms with Gasteiger partial charge in [-0.3, -0.25) is 9.59 Å². The molecule has 16 heteroatoms. The minimum atomic E-state index is -0.897. The second-order valence-electron chi connectivity index (χ2n) is 18.0. The maximum atomic E-state index is 14.4. The average Bonchev–Trinajstić information content (AvgIpc) is 3.79. The second-order valence-corrected chi connectivity index (χ2v) is 18.0. The molecule has 336 valence electrons. The smallest absolute Gasteiger partial charge is 0.407 e. The van der Waals surface area contributed by atoms with Gasteiger partial charge in [-0.2, -0.15) is 0 Å². The number of likely N-dealkylation sites (tertiary alicyclic amines) is 2. The molecule has 1 aliphatic carbocycles. The van der Waals surface area contributed by atoms with Gasteiger partial charge in [0.2, 0.25) is 5.91 Å². The number of piperidine rings is 1. The zero-order chi connectivity index (χ0) is 45.1. The molecule has 3 fully saturated rings. The number of ether oxygens (including phenoxy) is 4. The molecule has 4 N–H and O–H groups in total. The van der Waals surface area contributed by atoms with Gasteiger partial charge in [0.25, 0.3) is 5.91 Å². The molecule has 0 bridgehead atoms. The fourth-order valence-corrected chi connectivity index (χ4v) is 10.2. The molecule has 4 aliphatic rings. The van der Waals surface area contributed by atoms with Crippen molar-refractivity contribution in [1.29, 1.82) is 0 Å². The Balaban J connectivity index is 0.909. The summed E-state index contributed by atoms with van der Waals surface area (Å²) in [5, 5.41) is 7.44. The molecule has 0 radical (unpaired) electrons. The fraction of sp³-hybridized carbons (Fsp3) is 0.388. The van der Waals surface area contributed by atoms with Crippen molar-refractivity contribution in [1.82, 2.24) is 40.4 Å². The van der Waals surface area contributed by atoms with Gasteiger partial charge in [-0.05, 0) is 83.0 Å². The molecule has 1 saturated carbocycles. The molecule has 65 heavy (non-hydrogen) atoms. The van der Waals surface area contributed by atoms with Crippen molar-refractivity contribution in [3.8, 4) is 28.1 Å². The highest BCUT2D eigenvalue weighted by Gasteiger charge is 2.56. The Morgan fingerprint density at radius 2 is 1.65 bits per heavy atom. The summed E-state index contributed by atoms with van der Waals surface area (Å²) in [6.45, 7) is 5.12. The lowest BCUT2D eigenvalue weighted by Gasteiger charge is -2.30. The molecule has 5 heterocycles. The Kier molecular flexibility index (Phi) is 10.9. The van der Waals surface area contributed by atoms with Crippen molar-refractivity contribution in [3.05, 3.63) is 102 Å². The predicted molar refractivity (Wildman–Crippen MR) is 240 cm³/mol. The van der Waals surface area contributed by atoms with Crippen LogP contribution >= 0.6 is 0 Å². The standard InChI is InChI=1S/C49H52N8O8/c1-25(2)41(54-48(60)63-4)46(58)56-22-26(23-62-3)15-38(56)44-50-21-36(52-44)29-11-13-32-31(16-29)24-65-40-20-33-28(17-34(32)40)12-14-35-43(33)53-45(51-35)39-19-30-18-37(30)57(39)47(59)42(55-49(61)64-5)27-9-7-6-8-10-27/h6-14,16-17,20-21,25-26,30,37-39,41-42H,15,18-19,22-24H2,1-5H3,(H,50,52)(H,51,53)(H,54,60)(H,55,61). The number of imidazole rings is 2. The van der Waals surface area contributed by atoms with E-state index in [0.29, 0.717) is 49.3 Å². The summed E-state index contributed by atoms with van der Waals surface area (Å²) in [7, 11) is 4.23. The van der Waals surface area contributed by atoms with E-state index in [1.807, 2.05) is 55.1 Å². The van der Waals surface area contributed by atoms with E-state index in [4.69, 9.17) is 28.9 Å². The number of benzene rings is 4. The molecule has 4 aromatic carbocycles. The summed E-state index contributed by atoms with van der Waals surface area (Å²) in [5.74, 6) is 2.09. The summed E-state index contributed by atoms with van der Waals surface area (Å²) in [6.07, 6.45) is 2.86. The maximum absolute atomic E-state index is 14.4. The number of aromatic amines is 2. The normalized spacial score (nSPS) is 21.6. The van der Waals surface area contributed by atoms with Crippen molar-refractivity contribution in [2.45, 2.75) is 69.9 Å². The lowest BCUT2D eigenvalue weighted by atomic mass is 9.92. The molecule has 4 amide bonds. The highest BCUT2D eigenvalue weighted by Crippen LogP contribution is 2.54. The number of hydrogen-bond acceptors (Lipinski definition) is 10. The maximum Gasteiger partial charge on any atom is 0.407 e. The first-order chi connectivity index (χ1) is 31.5. The second kappa shape index (κ2) is 16.9. The number of H-pyrrole nitrogens is 2. The van der Waals surface area contributed by atoms with E-state index in [2.05, 4.69) is 57.0 Å². The van der Waals surface area contributed by atoms with Crippen molar-refractivity contribution in [3.63, 3.8) is 0 Å². The Hall–Kier alpha value is -6.94. The van der Waals surface area contributed by atoms with E-state index < -0.39 is 24.3 Å². The van der Waals surface area contributed by atoms with Crippen molar-refractivity contribution in [2.24, 2.45) is 17.8 Å². The summed E-state index contributed by atoms with van der Waals surface area (Å²) >= 11 is 0. The number of hydrogen-bond donors (Lipinski definition) is 4. The van der Waals surface area contributed by atoms with Crippen LogP contribution in [0.4, 0.5) is 9.59 Å². The Morgan fingerprint density at radius 3 is 2.42 bits per heavy atom. The SMILES string of the molecule is COCC1CC(c2ncc(-c3ccc4c(c3)COc3cc5c(ccc6[nH]c(C7CC8CC8N7C(=O)C(NC(=O)OC)c7ccccc7)nc65)cc3-4)[nH]2)N(C(=O)C(NC(=O)OC)C(C)C)C1. The first kappa shape index (κ1) is 42.0. The van der Waals surface area contributed by atoms with Crippen LogP contribution in [0.3, 0.4) is 0 Å². The third-order valence-electron chi connectivity index (χ3n) is 13.6. The van der Waals surface area contributed by atoms with Crippen LogP contribution in [0, 0.1) is 17.8 Å². The molecule has 2 saturated heterocycles. The van der Waals surface area contributed by atoms with E-state index in [9.17, 15) is 19.2 Å². The molecule has 7 atom stereocenters. The van der Waals surface area contributed by atoms with Gasteiger partial charge in [0, 0.05) is 36.6 Å². The first-order valence-electron chi connectivity index (χ1n) is 22.2. The van der Waals surface area contributed by atoms with Crippen LogP contribution in [0.5, 0.6) is 5.75 Å². The van der Waals surface area contributed by atoms with Crippen LogP contribution in [-0.4, -0.2) is 100 Å². The number of fused-ring (bicyclic) bond motifs is 7. The average molecular weight is 881 g/mol. The number of carbonyl (C=O) groups excluding carboxylic acids is 4. The summed E-state index contributed by atoms with van der Waals surface area (Å²) in [4.78, 5) is 73.7. The Bertz CT molecular complexity index is 2820. The number of carbonyl (C=O) groups is 4. The molecule has 6 aromatic rings. The van der Waals surface area contributed by atoms with Gasteiger partial charge in [0.05, 0.1) is 55.8 Å². The zero-order valence-corrected chi connectivity index (χ0v) is 36.9. The third kappa shape index (κ3) is 7.68. The quantitative estimate of drug-likeness (QED) is 0.102. The van der Waals surface area contributed by atoms with Gasteiger partial charge in [-0.1, -0.05) is 62.4 Å². The van der Waals surface area contributed by atoms with E-state index >= 15 is 0 Å². The number of amides is 4. The van der Waals surface area contributed by atoms with E-state index in [1.165, 1.54) is 14.2 Å². The number of aromatic nitrogens is 4. The molecule has 0 spiro atoms. The minimum Gasteiger partial charge on any atom is -0.488 e. The lowest BCUT2D eigenvalue weighted by Crippen LogP contribution is -2.51. The largest absolute Gasteiger partial charge is 0.488 e. The van der Waals surface area contributed by atoms with E-state index in [0.717, 1.165) is 68.3 Å². The van der Waals surface area contributed by atoms with Crippen LogP contribution in [0.15, 0.2) is 79.0 Å². The van der Waals surface area contributed by atoms with Crippen LogP contribution in [0.2, 0.25) is 0 Å². The van der Waals surface area contributed by atoms with Crippen molar-refractivity contribution < 1.29 is 38.1 Å². The van der Waals surface area contributed by atoms with Crippen molar-refractivity contribution in [2.75, 3.05) is 34.5 Å². The van der Waals surface area contributed by atoms with E-state index in [-0.39, 0.29) is 41.8 Å². The van der Waals surface area contributed by atoms with Crippen LogP contribution in [-0.2, 0) is 30.4 Å². The van der Waals surface area contributed by atoms with Crippen LogP contribution in [0.1, 0.15) is 74.0 Å². The Morgan fingerprint density at radius 1 is 0.846 bits per heavy atom. The summed E-state index contributed by atoms with van der Waals surface area (Å²) in [6, 6.07) is 21.7. The molecular formula is C49H52N8O8. The third-order valence-corrected chi connectivity index (χ3v) is 13.6. The molecule has 3 aliphatic heterocycles. The number of alkyl carbamates (subject to hydrolysis) is 2. The minimum absolute atomic E-state index is 0.0856. The molecular weight excluding hydrogens is 829 g/mol. The monoisotopic (exact) mass is 880 g/mol. The predicted octanol–water partition coefficient (Wildman–Crippen LogP) is 7.34. The molecule has 7 unspecified atom stereocenters. The van der Waals surface area contributed by atoms with Crippen molar-refractivity contribution >= 4 is 45.8 Å². The van der Waals surface area contributed by atoms with Gasteiger partial charge in [-0.15, -0.1) is 0 Å². The topological polar surface area (TPSA) is 193 Å². The van der Waals surface area contributed by atoms with E-state index in [1.54, 1.807) is 18.2 Å². The Labute approximate surface area is 375 Å². The zero-order valence-electron chi connectivity index (χ0n) is 36.9. The van der Waals surface area contributed by atoms with Gasteiger partial charge in [0.1, 0.15) is 36.1 Å². The number of nitrogens with one attached hydrogen (secondary N) is 4. The summed E-state index contributed by atoms with van der Waals surface area (Å²) in [5.41, 5.74) is 7.18. The number of methoxy groups -OCH3 is 3. The fourth-order valence-electron chi connectivity index (χ4n) is 10.2.